The van der Waals surface area contributed by atoms with E-state index in [-0.39, 0.29) is 0 Å². The highest BCUT2D eigenvalue weighted by atomic mass is 15.1. The Kier molecular flexibility index (Phi) is 8.79. The summed E-state index contributed by atoms with van der Waals surface area (Å²) >= 11 is 0. The summed E-state index contributed by atoms with van der Waals surface area (Å²) in [6.07, 6.45) is 22.6. The van der Waals surface area contributed by atoms with E-state index in [1.807, 2.05) is 60.9 Å². The monoisotopic (exact) mass is 850 g/mol. The van der Waals surface area contributed by atoms with Crippen molar-refractivity contribution in [2.45, 2.75) is 25.7 Å². The standard InChI is InChI=1S/C54H34N12/c1-7-19-37-31(13-1)25-55-61-49(37)43-44(50-38-20-8-2-14-32(38)26-56-62-50)46(52-40-22-10-4-16-34(40)28-58-64-52)48(54-42-24-12-6-18-36(42)30-60-66-54)47(53-41-23-11-5-17-35(41)29-59-65-53)45(43)51-39-21-9-3-15-33(39)27-57-63-51/h1-8,11-20,23-30H,9-10,21-22H2. The first-order valence-corrected chi connectivity index (χ1v) is 21.9. The molecule has 12 heteroatoms. The number of hydrogen-bond acceptors (Lipinski definition) is 12. The van der Waals surface area contributed by atoms with Crippen LogP contribution in [0.4, 0.5) is 0 Å². The number of rotatable bonds is 6. The van der Waals surface area contributed by atoms with Crippen molar-refractivity contribution in [1.82, 2.24) is 61.2 Å². The lowest BCUT2D eigenvalue weighted by atomic mass is 9.75. The van der Waals surface area contributed by atoms with Crippen LogP contribution >= 0.6 is 0 Å². The summed E-state index contributed by atoms with van der Waals surface area (Å²) in [6.45, 7) is 0. The Balaban J connectivity index is 1.40. The van der Waals surface area contributed by atoms with Gasteiger partial charge in [-0.2, -0.15) is 40.8 Å². The van der Waals surface area contributed by atoms with E-state index in [2.05, 4.69) is 72.8 Å². The highest BCUT2D eigenvalue weighted by molar-refractivity contribution is 6.21. The highest BCUT2D eigenvalue weighted by Crippen LogP contribution is 2.58. The van der Waals surface area contributed by atoms with Crippen LogP contribution in [0.3, 0.4) is 0 Å². The van der Waals surface area contributed by atoms with Crippen molar-refractivity contribution in [3.63, 3.8) is 0 Å². The third-order valence-electron chi connectivity index (χ3n) is 12.9. The van der Waals surface area contributed by atoms with Crippen LogP contribution in [0.1, 0.15) is 35.1 Å². The van der Waals surface area contributed by atoms with Crippen LogP contribution in [-0.4, -0.2) is 61.2 Å². The fraction of sp³-hybridized carbons (Fsp3) is 0.0741. The third kappa shape index (κ3) is 5.92. The zero-order valence-electron chi connectivity index (χ0n) is 35.2. The molecule has 0 N–H and O–H groups in total. The predicted octanol–water partition coefficient (Wildman–Crippen LogP) is 11.0. The van der Waals surface area contributed by atoms with E-state index in [0.29, 0.717) is 56.4 Å². The van der Waals surface area contributed by atoms with Gasteiger partial charge in [0.2, 0.25) is 0 Å². The molecule has 0 amide bonds. The van der Waals surface area contributed by atoms with E-state index >= 15 is 0 Å². The van der Waals surface area contributed by atoms with Crippen molar-refractivity contribution in [2.24, 2.45) is 0 Å². The van der Waals surface area contributed by atoms with Crippen molar-refractivity contribution < 1.29 is 0 Å². The molecule has 6 heterocycles. The van der Waals surface area contributed by atoms with Crippen LogP contribution in [0.15, 0.2) is 146 Å². The van der Waals surface area contributed by atoms with Crippen LogP contribution in [0.2, 0.25) is 0 Å². The average molecular weight is 851 g/mol. The van der Waals surface area contributed by atoms with Crippen molar-refractivity contribution in [2.75, 3.05) is 0 Å². The maximum Gasteiger partial charge on any atom is 0.102 e. The van der Waals surface area contributed by atoms with E-state index in [9.17, 15) is 0 Å². The highest BCUT2D eigenvalue weighted by Gasteiger charge is 2.37. The number of hydrogen-bond donors (Lipinski definition) is 0. The van der Waals surface area contributed by atoms with Gasteiger partial charge in [0.15, 0.2) is 0 Å². The Labute approximate surface area is 376 Å². The molecule has 0 atom stereocenters. The molecule has 2 aliphatic carbocycles. The Hall–Kier alpha value is -8.90. The molecule has 2 aliphatic rings. The summed E-state index contributed by atoms with van der Waals surface area (Å²) < 4.78 is 0. The van der Waals surface area contributed by atoms with Gasteiger partial charge in [-0.05, 0) is 47.9 Å². The quantitative estimate of drug-likeness (QED) is 0.156. The fourth-order valence-corrected chi connectivity index (χ4v) is 9.96. The summed E-state index contributed by atoms with van der Waals surface area (Å²) in [5.74, 6) is 0. The Morgan fingerprint density at radius 1 is 0.288 bits per heavy atom. The van der Waals surface area contributed by atoms with Gasteiger partial charge in [0.1, 0.15) is 22.8 Å². The zero-order valence-corrected chi connectivity index (χ0v) is 35.2. The number of fused-ring (bicyclic) bond motifs is 6. The Morgan fingerprint density at radius 3 is 0.894 bits per heavy atom. The van der Waals surface area contributed by atoms with E-state index in [1.54, 1.807) is 24.8 Å². The molecular weight excluding hydrogens is 817 g/mol. The fourth-order valence-electron chi connectivity index (χ4n) is 9.96. The van der Waals surface area contributed by atoms with E-state index in [1.165, 1.54) is 0 Å². The molecule has 12 nitrogen and oxygen atoms in total. The SMILES string of the molecule is C1=Cc2cnnc(-c3c(-c4nncc5ccccc45)c(-c4nncc5ccccc45)c(-c4nncc5c4CCC=C5)c(-c4nncc5ccccc45)c3-c3nncc4ccccc34)c2CC1. The molecule has 11 aromatic rings. The van der Waals surface area contributed by atoms with E-state index in [4.69, 9.17) is 61.2 Å². The smallest absolute Gasteiger partial charge is 0.102 e. The molecule has 0 bridgehead atoms. The lowest BCUT2D eigenvalue weighted by Crippen LogP contribution is -2.12. The van der Waals surface area contributed by atoms with Crippen LogP contribution in [0, 0.1) is 0 Å². The maximum atomic E-state index is 5.17. The largest absolute Gasteiger partial charge is 0.158 e. The lowest BCUT2D eigenvalue weighted by molar-refractivity contribution is 0.928. The number of allylic oxidation sites excluding steroid dienone is 2. The topological polar surface area (TPSA) is 155 Å². The molecule has 310 valence electrons. The van der Waals surface area contributed by atoms with Gasteiger partial charge in [-0.15, -0.1) is 20.4 Å². The molecule has 0 spiro atoms. The minimum Gasteiger partial charge on any atom is -0.158 e. The molecule has 0 saturated carbocycles. The van der Waals surface area contributed by atoms with Crippen LogP contribution in [0.5, 0.6) is 0 Å². The van der Waals surface area contributed by atoms with Gasteiger partial charge < -0.3 is 0 Å². The Bertz CT molecular complexity index is 3410. The summed E-state index contributed by atoms with van der Waals surface area (Å²) in [4.78, 5) is 0. The normalized spacial score (nSPS) is 13.1. The molecule has 66 heavy (non-hydrogen) atoms. The molecule has 0 unspecified atom stereocenters. The minimum absolute atomic E-state index is 0.613. The molecule has 0 radical (unpaired) electrons. The van der Waals surface area contributed by atoms with Crippen LogP contribution in [-0.2, 0) is 12.8 Å². The van der Waals surface area contributed by atoms with Gasteiger partial charge in [0.25, 0.3) is 0 Å². The molecule has 6 aromatic heterocycles. The second kappa shape index (κ2) is 15.4. The second-order valence-corrected chi connectivity index (χ2v) is 16.5. The molecular formula is C54H34N12. The first kappa shape index (κ1) is 37.6. The number of aromatic nitrogens is 12. The molecule has 13 rings (SSSR count). The van der Waals surface area contributed by atoms with Gasteiger partial charge in [-0.25, -0.2) is 0 Å². The average Bonchev–Trinajstić information content (AvgIpc) is 3.39. The summed E-state index contributed by atoms with van der Waals surface area (Å²) in [5.41, 5.74) is 12.1. The summed E-state index contributed by atoms with van der Waals surface area (Å²) in [6, 6.07) is 32.8. The molecule has 0 fully saturated rings. The Morgan fingerprint density at radius 2 is 0.561 bits per heavy atom. The van der Waals surface area contributed by atoms with Crippen molar-refractivity contribution in [3.8, 4) is 67.5 Å². The van der Waals surface area contributed by atoms with Gasteiger partial charge in [-0.3, -0.25) is 0 Å². The first-order chi connectivity index (χ1) is 32.8. The van der Waals surface area contributed by atoms with Gasteiger partial charge >= 0.3 is 0 Å². The van der Waals surface area contributed by atoms with E-state index in [0.717, 1.165) is 102 Å². The van der Waals surface area contributed by atoms with Crippen molar-refractivity contribution in [1.29, 1.82) is 0 Å². The first-order valence-electron chi connectivity index (χ1n) is 21.9. The maximum absolute atomic E-state index is 5.17. The summed E-state index contributed by atoms with van der Waals surface area (Å²) in [7, 11) is 0. The van der Waals surface area contributed by atoms with E-state index < -0.39 is 0 Å². The molecule has 5 aromatic carbocycles. The third-order valence-corrected chi connectivity index (χ3v) is 12.9. The van der Waals surface area contributed by atoms with Gasteiger partial charge in [0, 0.05) is 76.5 Å². The number of nitrogens with zero attached hydrogens (tertiary/aromatic N) is 12. The predicted molar refractivity (Wildman–Crippen MR) is 257 cm³/mol. The lowest BCUT2D eigenvalue weighted by Gasteiger charge is -2.29. The number of benzene rings is 5. The minimum atomic E-state index is 0.613. The van der Waals surface area contributed by atoms with Crippen molar-refractivity contribution in [3.05, 3.63) is 169 Å². The van der Waals surface area contributed by atoms with Gasteiger partial charge in [0.05, 0.1) is 48.6 Å². The van der Waals surface area contributed by atoms with Gasteiger partial charge in [-0.1, -0.05) is 121 Å². The zero-order chi connectivity index (χ0) is 43.6. The second-order valence-electron chi connectivity index (χ2n) is 16.5. The van der Waals surface area contributed by atoms with Crippen LogP contribution in [0.25, 0.3) is 123 Å². The molecule has 0 aliphatic heterocycles. The molecule has 0 saturated heterocycles. The summed E-state index contributed by atoms with van der Waals surface area (Å²) in [5, 5.41) is 66.5. The van der Waals surface area contributed by atoms with Crippen molar-refractivity contribution >= 4 is 55.2 Å². The van der Waals surface area contributed by atoms with Crippen LogP contribution < -0.4 is 0 Å².